The minimum Gasteiger partial charge on any atom is -0.320 e. The van der Waals surface area contributed by atoms with Crippen LogP contribution in [0.15, 0.2) is 12.2 Å². The standard InChI is InChI=1S/C9H12N2O2/c1-2-6-4-3-5-9(6)7(12)10-8(13)11-9/h3,5-6H,2,4H2,1H3,(H2,10,11,12,13). The summed E-state index contributed by atoms with van der Waals surface area (Å²) in [6, 6.07) is -0.380. The van der Waals surface area contributed by atoms with Crippen LogP contribution in [-0.2, 0) is 4.79 Å². The Labute approximate surface area is 76.4 Å². The molecule has 1 fully saturated rings. The number of imide groups is 1. The summed E-state index contributed by atoms with van der Waals surface area (Å²) in [6.07, 6.45) is 5.52. The number of nitrogens with one attached hydrogen (secondary N) is 2. The van der Waals surface area contributed by atoms with Gasteiger partial charge in [0.1, 0.15) is 5.54 Å². The predicted molar refractivity (Wildman–Crippen MR) is 46.9 cm³/mol. The summed E-state index contributed by atoms with van der Waals surface area (Å²) in [5, 5.41) is 4.97. The fourth-order valence-corrected chi connectivity index (χ4v) is 2.12. The predicted octanol–water partition coefficient (Wildman–Crippen LogP) is 0.551. The maximum atomic E-state index is 11.5. The highest BCUT2D eigenvalue weighted by Crippen LogP contribution is 2.34. The second-order valence-electron chi connectivity index (χ2n) is 3.52. The van der Waals surface area contributed by atoms with Crippen LogP contribution in [0.3, 0.4) is 0 Å². The number of carbonyl (C=O) groups is 2. The summed E-state index contributed by atoms with van der Waals surface area (Å²) in [7, 11) is 0. The van der Waals surface area contributed by atoms with Gasteiger partial charge in [0.2, 0.25) is 0 Å². The first-order valence-corrected chi connectivity index (χ1v) is 4.50. The molecular weight excluding hydrogens is 168 g/mol. The molecule has 70 valence electrons. The van der Waals surface area contributed by atoms with Gasteiger partial charge in [-0.3, -0.25) is 10.1 Å². The van der Waals surface area contributed by atoms with E-state index in [1.807, 2.05) is 13.0 Å². The van der Waals surface area contributed by atoms with Gasteiger partial charge in [0, 0.05) is 0 Å². The Balaban J connectivity index is 2.33. The smallest absolute Gasteiger partial charge is 0.320 e. The van der Waals surface area contributed by atoms with Gasteiger partial charge in [0.25, 0.3) is 5.91 Å². The lowest BCUT2D eigenvalue weighted by molar-refractivity contribution is -0.123. The van der Waals surface area contributed by atoms with Crippen molar-refractivity contribution < 1.29 is 9.59 Å². The van der Waals surface area contributed by atoms with E-state index in [0.29, 0.717) is 0 Å². The molecule has 1 heterocycles. The number of carbonyl (C=O) groups excluding carboxylic acids is 2. The Morgan fingerprint density at radius 3 is 2.92 bits per heavy atom. The number of urea groups is 1. The number of hydrogen-bond acceptors (Lipinski definition) is 2. The van der Waals surface area contributed by atoms with Crippen molar-refractivity contribution in [3.05, 3.63) is 12.2 Å². The molecule has 2 atom stereocenters. The molecule has 1 saturated heterocycles. The van der Waals surface area contributed by atoms with Crippen LogP contribution in [0.4, 0.5) is 4.79 Å². The van der Waals surface area contributed by atoms with Crippen LogP contribution in [0.1, 0.15) is 19.8 Å². The molecule has 2 N–H and O–H groups in total. The molecule has 4 nitrogen and oxygen atoms in total. The molecule has 0 radical (unpaired) electrons. The lowest BCUT2D eigenvalue weighted by Crippen LogP contribution is -2.49. The highest BCUT2D eigenvalue weighted by Gasteiger charge is 2.50. The summed E-state index contributed by atoms with van der Waals surface area (Å²) in [6.45, 7) is 2.02. The minimum absolute atomic E-state index is 0.207. The van der Waals surface area contributed by atoms with Crippen LogP contribution in [0.5, 0.6) is 0 Å². The monoisotopic (exact) mass is 180 g/mol. The van der Waals surface area contributed by atoms with E-state index >= 15 is 0 Å². The van der Waals surface area contributed by atoms with E-state index < -0.39 is 5.54 Å². The lowest BCUT2D eigenvalue weighted by Gasteiger charge is -2.25. The zero-order valence-corrected chi connectivity index (χ0v) is 7.46. The van der Waals surface area contributed by atoms with Gasteiger partial charge in [-0.25, -0.2) is 4.79 Å². The fraction of sp³-hybridized carbons (Fsp3) is 0.556. The highest BCUT2D eigenvalue weighted by molar-refractivity contribution is 6.08. The number of allylic oxidation sites excluding steroid dienone is 1. The van der Waals surface area contributed by atoms with Gasteiger partial charge in [-0.1, -0.05) is 19.1 Å². The van der Waals surface area contributed by atoms with Gasteiger partial charge in [0.05, 0.1) is 0 Å². The average Bonchev–Trinajstić information content (AvgIpc) is 2.59. The summed E-state index contributed by atoms with van der Waals surface area (Å²) in [5.41, 5.74) is -0.744. The molecule has 1 aliphatic carbocycles. The minimum atomic E-state index is -0.744. The van der Waals surface area contributed by atoms with Crippen LogP contribution < -0.4 is 10.6 Å². The van der Waals surface area contributed by atoms with Gasteiger partial charge < -0.3 is 5.32 Å². The molecule has 0 bridgehead atoms. The Bertz CT molecular complexity index is 298. The average molecular weight is 180 g/mol. The van der Waals surface area contributed by atoms with Crippen LogP contribution in [-0.4, -0.2) is 17.5 Å². The molecule has 3 amide bonds. The van der Waals surface area contributed by atoms with E-state index in [9.17, 15) is 9.59 Å². The quantitative estimate of drug-likeness (QED) is 0.457. The topological polar surface area (TPSA) is 58.2 Å². The summed E-state index contributed by atoms with van der Waals surface area (Å²) >= 11 is 0. The zero-order chi connectivity index (χ0) is 9.47. The Morgan fingerprint density at radius 1 is 1.62 bits per heavy atom. The van der Waals surface area contributed by atoms with Crippen molar-refractivity contribution in [3.63, 3.8) is 0 Å². The molecular formula is C9H12N2O2. The van der Waals surface area contributed by atoms with Gasteiger partial charge in [-0.05, 0) is 18.8 Å². The zero-order valence-electron chi connectivity index (χ0n) is 7.46. The van der Waals surface area contributed by atoms with E-state index in [1.165, 1.54) is 0 Å². The van der Waals surface area contributed by atoms with Gasteiger partial charge >= 0.3 is 6.03 Å². The van der Waals surface area contributed by atoms with Crippen molar-refractivity contribution in [1.82, 2.24) is 10.6 Å². The molecule has 2 rings (SSSR count). The molecule has 0 aromatic rings. The molecule has 1 spiro atoms. The molecule has 2 unspecified atom stereocenters. The first-order valence-electron chi connectivity index (χ1n) is 4.50. The largest absolute Gasteiger partial charge is 0.322 e. The second-order valence-corrected chi connectivity index (χ2v) is 3.52. The van der Waals surface area contributed by atoms with Crippen molar-refractivity contribution in [3.8, 4) is 0 Å². The highest BCUT2D eigenvalue weighted by atomic mass is 16.2. The normalized spacial score (nSPS) is 36.8. The summed E-state index contributed by atoms with van der Waals surface area (Å²) in [5.74, 6) is -0.00273. The van der Waals surface area contributed by atoms with Crippen molar-refractivity contribution in [2.24, 2.45) is 5.92 Å². The van der Waals surface area contributed by atoms with Crippen molar-refractivity contribution in [2.75, 3.05) is 0 Å². The maximum Gasteiger partial charge on any atom is 0.322 e. The van der Waals surface area contributed by atoms with E-state index in [4.69, 9.17) is 0 Å². The van der Waals surface area contributed by atoms with Crippen molar-refractivity contribution in [2.45, 2.75) is 25.3 Å². The van der Waals surface area contributed by atoms with Crippen LogP contribution in [0.2, 0.25) is 0 Å². The number of rotatable bonds is 1. The Morgan fingerprint density at radius 2 is 2.38 bits per heavy atom. The molecule has 0 aromatic heterocycles. The van der Waals surface area contributed by atoms with E-state index in [0.717, 1.165) is 12.8 Å². The number of hydrogen-bond donors (Lipinski definition) is 2. The van der Waals surface area contributed by atoms with E-state index in [1.54, 1.807) is 6.08 Å². The molecule has 1 aliphatic heterocycles. The molecule has 13 heavy (non-hydrogen) atoms. The Hall–Kier alpha value is -1.32. The first-order chi connectivity index (χ1) is 6.19. The van der Waals surface area contributed by atoms with Crippen LogP contribution in [0, 0.1) is 5.92 Å². The maximum absolute atomic E-state index is 11.5. The summed E-state index contributed by atoms with van der Waals surface area (Å²) < 4.78 is 0. The van der Waals surface area contributed by atoms with Gasteiger partial charge in [0.15, 0.2) is 0 Å². The van der Waals surface area contributed by atoms with Gasteiger partial charge in [-0.2, -0.15) is 0 Å². The lowest BCUT2D eigenvalue weighted by atomic mass is 9.85. The third-order valence-corrected chi connectivity index (χ3v) is 2.86. The summed E-state index contributed by atoms with van der Waals surface area (Å²) in [4.78, 5) is 22.5. The SMILES string of the molecule is CCC1CC=CC12NC(=O)NC2=O. The van der Waals surface area contributed by atoms with Crippen molar-refractivity contribution in [1.29, 1.82) is 0 Å². The Kier molecular flexibility index (Phi) is 1.65. The van der Waals surface area contributed by atoms with E-state index in [-0.39, 0.29) is 17.9 Å². The van der Waals surface area contributed by atoms with Crippen LogP contribution >= 0.6 is 0 Å². The first kappa shape index (κ1) is 8.29. The molecule has 4 heteroatoms. The van der Waals surface area contributed by atoms with Gasteiger partial charge in [-0.15, -0.1) is 0 Å². The third-order valence-electron chi connectivity index (χ3n) is 2.86. The van der Waals surface area contributed by atoms with Crippen LogP contribution in [0.25, 0.3) is 0 Å². The molecule has 0 saturated carbocycles. The number of amides is 3. The second kappa shape index (κ2) is 2.58. The third kappa shape index (κ3) is 0.978. The molecule has 0 aromatic carbocycles. The fourth-order valence-electron chi connectivity index (χ4n) is 2.12. The molecule has 2 aliphatic rings. The van der Waals surface area contributed by atoms with Crippen molar-refractivity contribution >= 4 is 11.9 Å². The van der Waals surface area contributed by atoms with E-state index in [2.05, 4.69) is 10.6 Å².